The van der Waals surface area contributed by atoms with E-state index in [1.54, 1.807) is 36.4 Å². The molecule has 1 amide bonds. The fourth-order valence-corrected chi connectivity index (χ4v) is 3.89. The van der Waals surface area contributed by atoms with Crippen LogP contribution in [-0.4, -0.2) is 32.7 Å². The lowest BCUT2D eigenvalue weighted by atomic mass is 10.1. The maximum Gasteiger partial charge on any atom is 0.303 e. The number of carbonyl (C=O) groups is 2. The van der Waals surface area contributed by atoms with Gasteiger partial charge in [-0.05, 0) is 37.1 Å². The molecule has 0 radical (unpaired) electrons. The Balaban J connectivity index is 1.69. The summed E-state index contributed by atoms with van der Waals surface area (Å²) in [5, 5.41) is 8.66. The molecule has 0 unspecified atom stereocenters. The topological polar surface area (TPSA) is 70.8 Å². The molecule has 5 nitrogen and oxygen atoms in total. The minimum Gasteiger partial charge on any atom is -0.481 e. The molecule has 1 aromatic carbocycles. The zero-order valence-corrected chi connectivity index (χ0v) is 15.8. The summed E-state index contributed by atoms with van der Waals surface area (Å²) in [5.74, 6) is -0.665. The number of unbranched alkanes of at least 4 members (excludes halogenated alkanes) is 1. The van der Waals surface area contributed by atoms with Gasteiger partial charge in [0.25, 0.3) is 5.91 Å². The smallest absolute Gasteiger partial charge is 0.303 e. The van der Waals surface area contributed by atoms with Crippen LogP contribution in [0, 0.1) is 5.82 Å². The Labute approximate surface area is 164 Å². The highest BCUT2D eigenvalue weighted by Gasteiger charge is 2.31. The molecule has 1 fully saturated rings. The molecule has 1 aromatic heterocycles. The molecular weight excluding hydrogens is 389 g/mol. The zero-order valence-electron chi connectivity index (χ0n) is 14.2. The van der Waals surface area contributed by atoms with Gasteiger partial charge in [0.05, 0.1) is 10.5 Å². The molecule has 2 aromatic rings. The van der Waals surface area contributed by atoms with Gasteiger partial charge < -0.3 is 9.52 Å². The van der Waals surface area contributed by atoms with E-state index < -0.39 is 5.97 Å². The highest BCUT2D eigenvalue weighted by atomic mass is 32.2. The molecule has 1 aliphatic rings. The van der Waals surface area contributed by atoms with Crippen LogP contribution >= 0.6 is 24.0 Å². The Kier molecular flexibility index (Phi) is 6.08. The molecule has 1 saturated heterocycles. The van der Waals surface area contributed by atoms with Crippen LogP contribution < -0.4 is 0 Å². The predicted octanol–water partition coefficient (Wildman–Crippen LogP) is 4.54. The quantitative estimate of drug-likeness (QED) is 0.414. The Hall–Kier alpha value is -2.45. The van der Waals surface area contributed by atoms with Crippen molar-refractivity contribution in [1.29, 1.82) is 0 Å². The Morgan fingerprint density at radius 2 is 2.04 bits per heavy atom. The monoisotopic (exact) mass is 405 g/mol. The van der Waals surface area contributed by atoms with Crippen LogP contribution in [0.3, 0.4) is 0 Å². The number of benzene rings is 1. The van der Waals surface area contributed by atoms with E-state index in [4.69, 9.17) is 21.7 Å². The highest BCUT2D eigenvalue weighted by molar-refractivity contribution is 8.26. The molecule has 0 aliphatic carbocycles. The maximum absolute atomic E-state index is 13.9. The number of thioether (sulfide) groups is 1. The van der Waals surface area contributed by atoms with E-state index in [0.29, 0.717) is 45.7 Å². The SMILES string of the molecule is O=C(O)CCCCN1C(=O)/C(=C\c2ccc(-c3ccccc3F)o2)SC1=S. The van der Waals surface area contributed by atoms with Gasteiger partial charge in [-0.1, -0.05) is 36.1 Å². The van der Waals surface area contributed by atoms with E-state index in [0.717, 1.165) is 0 Å². The number of rotatable bonds is 7. The third-order valence-corrected chi connectivity index (χ3v) is 5.31. The van der Waals surface area contributed by atoms with E-state index >= 15 is 0 Å². The summed E-state index contributed by atoms with van der Waals surface area (Å²) in [5.41, 5.74) is 0.350. The lowest BCUT2D eigenvalue weighted by molar-refractivity contribution is -0.137. The number of hydrogen-bond acceptors (Lipinski definition) is 5. The Morgan fingerprint density at radius 1 is 1.26 bits per heavy atom. The summed E-state index contributed by atoms with van der Waals surface area (Å²) in [7, 11) is 0. The maximum atomic E-state index is 13.9. The molecule has 8 heteroatoms. The second-order valence-electron chi connectivity index (χ2n) is 5.87. The van der Waals surface area contributed by atoms with Gasteiger partial charge in [-0.25, -0.2) is 4.39 Å². The van der Waals surface area contributed by atoms with Crippen LogP contribution in [0.4, 0.5) is 4.39 Å². The first kappa shape index (κ1) is 19.3. The third-order valence-electron chi connectivity index (χ3n) is 3.94. The van der Waals surface area contributed by atoms with Gasteiger partial charge in [-0.2, -0.15) is 0 Å². The molecule has 2 heterocycles. The predicted molar refractivity (Wildman–Crippen MR) is 105 cm³/mol. The molecule has 0 spiro atoms. The number of carboxylic acid groups (broad SMARTS) is 1. The summed E-state index contributed by atoms with van der Waals surface area (Å²) in [4.78, 5) is 25.0. The van der Waals surface area contributed by atoms with Gasteiger partial charge in [0, 0.05) is 19.0 Å². The summed E-state index contributed by atoms with van der Waals surface area (Å²) in [6.07, 6.45) is 2.69. The van der Waals surface area contributed by atoms with Crippen LogP contribution in [0.15, 0.2) is 45.7 Å². The lowest BCUT2D eigenvalue weighted by Gasteiger charge is -2.13. The number of halogens is 1. The summed E-state index contributed by atoms with van der Waals surface area (Å²) in [6, 6.07) is 9.61. The van der Waals surface area contributed by atoms with Crippen molar-refractivity contribution in [3.8, 4) is 11.3 Å². The molecule has 0 saturated carbocycles. The molecule has 27 heavy (non-hydrogen) atoms. The van der Waals surface area contributed by atoms with Crippen molar-refractivity contribution in [3.05, 3.63) is 52.9 Å². The summed E-state index contributed by atoms with van der Waals surface area (Å²) >= 11 is 6.41. The number of hydrogen-bond donors (Lipinski definition) is 1. The first-order valence-corrected chi connectivity index (χ1v) is 9.50. The van der Waals surface area contributed by atoms with Crippen molar-refractivity contribution in [2.45, 2.75) is 19.3 Å². The van der Waals surface area contributed by atoms with Crippen molar-refractivity contribution in [2.24, 2.45) is 0 Å². The van der Waals surface area contributed by atoms with E-state index in [9.17, 15) is 14.0 Å². The number of aliphatic carboxylic acids is 1. The van der Waals surface area contributed by atoms with Gasteiger partial charge in [0.1, 0.15) is 21.7 Å². The normalized spacial score (nSPS) is 15.7. The highest BCUT2D eigenvalue weighted by Crippen LogP contribution is 2.34. The Morgan fingerprint density at radius 3 is 2.78 bits per heavy atom. The largest absolute Gasteiger partial charge is 0.481 e. The molecule has 140 valence electrons. The number of nitrogens with zero attached hydrogens (tertiary/aromatic N) is 1. The van der Waals surface area contributed by atoms with Crippen molar-refractivity contribution in [1.82, 2.24) is 4.90 Å². The summed E-state index contributed by atoms with van der Waals surface area (Å²) < 4.78 is 19.9. The first-order chi connectivity index (χ1) is 13.0. The average molecular weight is 405 g/mol. The second-order valence-corrected chi connectivity index (χ2v) is 7.54. The molecular formula is C19H16FNO4S2. The van der Waals surface area contributed by atoms with Crippen LogP contribution in [-0.2, 0) is 9.59 Å². The number of amides is 1. The van der Waals surface area contributed by atoms with Crippen molar-refractivity contribution >= 4 is 46.3 Å². The van der Waals surface area contributed by atoms with E-state index in [1.807, 2.05) is 0 Å². The number of carboxylic acids is 1. The van der Waals surface area contributed by atoms with E-state index in [1.165, 1.54) is 22.7 Å². The molecule has 3 rings (SSSR count). The molecule has 0 bridgehead atoms. The van der Waals surface area contributed by atoms with Crippen LogP contribution in [0.2, 0.25) is 0 Å². The second kappa shape index (κ2) is 8.49. The van der Waals surface area contributed by atoms with Crippen LogP contribution in [0.5, 0.6) is 0 Å². The van der Waals surface area contributed by atoms with Crippen LogP contribution in [0.1, 0.15) is 25.0 Å². The fraction of sp³-hybridized carbons (Fsp3) is 0.211. The number of carbonyl (C=O) groups excluding carboxylic acids is 1. The Bertz CT molecular complexity index is 922. The zero-order chi connectivity index (χ0) is 19.4. The van der Waals surface area contributed by atoms with Gasteiger partial charge in [-0.3, -0.25) is 14.5 Å². The molecule has 0 atom stereocenters. The fourth-order valence-electron chi connectivity index (χ4n) is 2.60. The molecule has 1 N–H and O–H groups in total. The van der Waals surface area contributed by atoms with Crippen molar-refractivity contribution in [3.63, 3.8) is 0 Å². The van der Waals surface area contributed by atoms with Gasteiger partial charge in [-0.15, -0.1) is 0 Å². The lowest BCUT2D eigenvalue weighted by Crippen LogP contribution is -2.29. The standard InChI is InChI=1S/C19H16FNO4S2/c20-14-6-2-1-5-13(14)15-9-8-12(25-15)11-16-18(24)21(19(26)27-16)10-4-3-7-17(22)23/h1-2,5-6,8-9,11H,3-4,7,10H2,(H,22,23)/b16-11+. The van der Waals surface area contributed by atoms with Crippen molar-refractivity contribution in [2.75, 3.05) is 6.54 Å². The minimum atomic E-state index is -0.858. The summed E-state index contributed by atoms with van der Waals surface area (Å²) in [6.45, 7) is 0.383. The minimum absolute atomic E-state index is 0.0653. The van der Waals surface area contributed by atoms with Gasteiger partial charge >= 0.3 is 5.97 Å². The van der Waals surface area contributed by atoms with E-state index in [2.05, 4.69) is 0 Å². The van der Waals surface area contributed by atoms with E-state index in [-0.39, 0.29) is 18.1 Å². The van der Waals surface area contributed by atoms with Gasteiger partial charge in [0.15, 0.2) is 0 Å². The number of thiocarbonyl (C=S) groups is 1. The molecule has 1 aliphatic heterocycles. The van der Waals surface area contributed by atoms with Gasteiger partial charge in [0.2, 0.25) is 0 Å². The third kappa shape index (κ3) is 4.64. The first-order valence-electron chi connectivity index (χ1n) is 8.27. The van der Waals surface area contributed by atoms with Crippen LogP contribution in [0.25, 0.3) is 17.4 Å². The number of furan rings is 1. The average Bonchev–Trinajstić information content (AvgIpc) is 3.18. The van der Waals surface area contributed by atoms with Crippen molar-refractivity contribution < 1.29 is 23.5 Å².